The van der Waals surface area contributed by atoms with E-state index >= 15 is 0 Å². The maximum absolute atomic E-state index is 10.4. The van der Waals surface area contributed by atoms with E-state index in [9.17, 15) is 4.79 Å². The third kappa shape index (κ3) is 1.84. The number of hydrogen-bond acceptors (Lipinski definition) is 2. The van der Waals surface area contributed by atoms with Gasteiger partial charge in [0.15, 0.2) is 0 Å². The van der Waals surface area contributed by atoms with Gasteiger partial charge in [-0.15, -0.1) is 0 Å². The highest BCUT2D eigenvalue weighted by atomic mass is 16.5. The molecule has 0 saturated heterocycles. The van der Waals surface area contributed by atoms with Crippen molar-refractivity contribution in [3.8, 4) is 5.75 Å². The Morgan fingerprint density at radius 3 is 2.33 bits per heavy atom. The summed E-state index contributed by atoms with van der Waals surface area (Å²) in [6.45, 7) is 1.87. The van der Waals surface area contributed by atoms with E-state index in [0.29, 0.717) is 0 Å². The van der Waals surface area contributed by atoms with Crippen LogP contribution in [0.5, 0.6) is 5.75 Å². The molecule has 0 spiro atoms. The molecule has 0 aromatic heterocycles. The SMILES string of the molecule is COc1ccc([C@@H](C)C=O)cc1. The zero-order valence-corrected chi connectivity index (χ0v) is 7.28. The minimum atomic E-state index is -0.0316. The first-order chi connectivity index (χ1) is 5.77. The van der Waals surface area contributed by atoms with Crippen LogP contribution in [0.25, 0.3) is 0 Å². The summed E-state index contributed by atoms with van der Waals surface area (Å²) in [5.74, 6) is 0.785. The fourth-order valence-electron chi connectivity index (χ4n) is 0.986. The fraction of sp³-hybridized carbons (Fsp3) is 0.300. The number of carbonyl (C=O) groups excluding carboxylic acids is 1. The predicted molar refractivity (Wildman–Crippen MR) is 47.5 cm³/mol. The van der Waals surface area contributed by atoms with Gasteiger partial charge in [-0.1, -0.05) is 19.1 Å². The van der Waals surface area contributed by atoms with Crippen LogP contribution in [0, 0.1) is 0 Å². The van der Waals surface area contributed by atoms with Crippen LogP contribution in [0.3, 0.4) is 0 Å². The van der Waals surface area contributed by atoms with E-state index in [1.807, 2.05) is 31.2 Å². The van der Waals surface area contributed by atoms with Crippen molar-refractivity contribution in [3.05, 3.63) is 29.8 Å². The molecular weight excluding hydrogens is 152 g/mol. The number of methoxy groups -OCH3 is 1. The number of hydrogen-bond donors (Lipinski definition) is 0. The Kier molecular flexibility index (Phi) is 2.86. The molecule has 0 N–H and O–H groups in total. The number of ether oxygens (including phenoxy) is 1. The van der Waals surface area contributed by atoms with Crippen LogP contribution in [0.1, 0.15) is 18.4 Å². The first kappa shape index (κ1) is 8.78. The molecule has 1 rings (SSSR count). The molecule has 64 valence electrons. The van der Waals surface area contributed by atoms with Crippen LogP contribution in [0.2, 0.25) is 0 Å². The van der Waals surface area contributed by atoms with Gasteiger partial charge in [0, 0.05) is 5.92 Å². The third-order valence-corrected chi connectivity index (χ3v) is 1.85. The number of rotatable bonds is 3. The monoisotopic (exact) mass is 164 g/mol. The Hall–Kier alpha value is -1.31. The van der Waals surface area contributed by atoms with E-state index in [2.05, 4.69) is 0 Å². The van der Waals surface area contributed by atoms with Gasteiger partial charge in [-0.25, -0.2) is 0 Å². The van der Waals surface area contributed by atoms with Gasteiger partial charge in [-0.05, 0) is 17.7 Å². The summed E-state index contributed by atoms with van der Waals surface area (Å²) in [7, 11) is 1.62. The number of carbonyl (C=O) groups is 1. The van der Waals surface area contributed by atoms with Gasteiger partial charge < -0.3 is 9.53 Å². The predicted octanol–water partition coefficient (Wildman–Crippen LogP) is 2.00. The van der Waals surface area contributed by atoms with Gasteiger partial charge in [0.2, 0.25) is 0 Å². The largest absolute Gasteiger partial charge is 0.497 e. The molecule has 0 amide bonds. The van der Waals surface area contributed by atoms with Crippen LogP contribution in [0.15, 0.2) is 24.3 Å². The second-order valence-corrected chi connectivity index (χ2v) is 2.70. The molecular formula is C10H12O2. The summed E-state index contributed by atoms with van der Waals surface area (Å²) in [4.78, 5) is 10.4. The molecule has 0 heterocycles. The smallest absolute Gasteiger partial charge is 0.127 e. The van der Waals surface area contributed by atoms with Gasteiger partial charge in [-0.2, -0.15) is 0 Å². The molecule has 0 unspecified atom stereocenters. The normalized spacial score (nSPS) is 12.2. The lowest BCUT2D eigenvalue weighted by Crippen LogP contribution is -1.93. The lowest BCUT2D eigenvalue weighted by molar-refractivity contribution is -0.108. The van der Waals surface area contributed by atoms with Crippen LogP contribution in [-0.4, -0.2) is 13.4 Å². The second-order valence-electron chi connectivity index (χ2n) is 2.70. The summed E-state index contributed by atoms with van der Waals surface area (Å²) >= 11 is 0. The molecule has 0 bridgehead atoms. The Labute approximate surface area is 72.2 Å². The molecule has 0 radical (unpaired) electrons. The second kappa shape index (κ2) is 3.90. The van der Waals surface area contributed by atoms with Crippen LogP contribution in [-0.2, 0) is 4.79 Å². The quantitative estimate of drug-likeness (QED) is 0.639. The molecule has 0 saturated carbocycles. The number of benzene rings is 1. The molecule has 0 aliphatic rings. The van der Waals surface area contributed by atoms with Crippen LogP contribution in [0.4, 0.5) is 0 Å². The molecule has 2 nitrogen and oxygen atoms in total. The maximum Gasteiger partial charge on any atom is 0.127 e. The first-order valence-electron chi connectivity index (χ1n) is 3.87. The highest BCUT2D eigenvalue weighted by Crippen LogP contribution is 2.16. The molecule has 0 fully saturated rings. The van der Waals surface area contributed by atoms with Gasteiger partial charge in [0.05, 0.1) is 7.11 Å². The Balaban J connectivity index is 2.84. The van der Waals surface area contributed by atoms with Crippen molar-refractivity contribution in [1.29, 1.82) is 0 Å². The molecule has 0 aliphatic carbocycles. The summed E-state index contributed by atoms with van der Waals surface area (Å²) in [5, 5.41) is 0. The molecule has 0 aliphatic heterocycles. The van der Waals surface area contributed by atoms with E-state index in [1.165, 1.54) is 0 Å². The fourth-order valence-corrected chi connectivity index (χ4v) is 0.986. The summed E-state index contributed by atoms with van der Waals surface area (Å²) in [6.07, 6.45) is 0.932. The molecule has 2 heteroatoms. The van der Waals surface area contributed by atoms with E-state index in [1.54, 1.807) is 7.11 Å². The van der Waals surface area contributed by atoms with Crippen molar-refractivity contribution in [2.45, 2.75) is 12.8 Å². The van der Waals surface area contributed by atoms with E-state index in [0.717, 1.165) is 17.6 Å². The number of aldehydes is 1. The Bertz CT molecular complexity index is 251. The molecule has 1 aromatic carbocycles. The zero-order chi connectivity index (χ0) is 8.97. The average Bonchev–Trinajstić information content (AvgIpc) is 2.17. The standard InChI is InChI=1S/C10H12O2/c1-8(7-11)9-3-5-10(12-2)6-4-9/h3-8H,1-2H3/t8-/m0/s1. The lowest BCUT2D eigenvalue weighted by Gasteiger charge is -2.04. The van der Waals surface area contributed by atoms with Gasteiger partial charge in [0.1, 0.15) is 12.0 Å². The van der Waals surface area contributed by atoms with Crippen molar-refractivity contribution in [2.75, 3.05) is 7.11 Å². The molecule has 1 atom stereocenters. The van der Waals surface area contributed by atoms with E-state index in [-0.39, 0.29) is 5.92 Å². The first-order valence-corrected chi connectivity index (χ1v) is 3.87. The Morgan fingerprint density at radius 2 is 1.92 bits per heavy atom. The van der Waals surface area contributed by atoms with Crippen LogP contribution < -0.4 is 4.74 Å². The van der Waals surface area contributed by atoms with E-state index < -0.39 is 0 Å². The van der Waals surface area contributed by atoms with Crippen molar-refractivity contribution >= 4 is 6.29 Å². The van der Waals surface area contributed by atoms with Crippen LogP contribution >= 0.6 is 0 Å². The van der Waals surface area contributed by atoms with Crippen molar-refractivity contribution in [1.82, 2.24) is 0 Å². The summed E-state index contributed by atoms with van der Waals surface area (Å²) in [5.41, 5.74) is 1.02. The van der Waals surface area contributed by atoms with E-state index in [4.69, 9.17) is 4.74 Å². The summed E-state index contributed by atoms with van der Waals surface area (Å²) < 4.78 is 4.99. The molecule has 12 heavy (non-hydrogen) atoms. The van der Waals surface area contributed by atoms with Gasteiger partial charge in [-0.3, -0.25) is 0 Å². The molecule has 1 aromatic rings. The van der Waals surface area contributed by atoms with Gasteiger partial charge in [0.25, 0.3) is 0 Å². The Morgan fingerprint density at radius 1 is 1.33 bits per heavy atom. The minimum Gasteiger partial charge on any atom is -0.497 e. The topological polar surface area (TPSA) is 26.3 Å². The van der Waals surface area contributed by atoms with Gasteiger partial charge >= 0.3 is 0 Å². The van der Waals surface area contributed by atoms with Crippen molar-refractivity contribution < 1.29 is 9.53 Å². The maximum atomic E-state index is 10.4. The highest BCUT2D eigenvalue weighted by molar-refractivity contribution is 5.61. The lowest BCUT2D eigenvalue weighted by atomic mass is 10.0. The zero-order valence-electron chi connectivity index (χ0n) is 7.28. The van der Waals surface area contributed by atoms with Crippen molar-refractivity contribution in [3.63, 3.8) is 0 Å². The third-order valence-electron chi connectivity index (χ3n) is 1.85. The average molecular weight is 164 g/mol. The van der Waals surface area contributed by atoms with Crippen molar-refractivity contribution in [2.24, 2.45) is 0 Å². The minimum absolute atomic E-state index is 0.0316. The summed E-state index contributed by atoms with van der Waals surface area (Å²) in [6, 6.07) is 7.51. The highest BCUT2D eigenvalue weighted by Gasteiger charge is 2.02.